The molecule has 0 spiro atoms. The van der Waals surface area contributed by atoms with Crippen LogP contribution in [0.2, 0.25) is 0 Å². The summed E-state index contributed by atoms with van der Waals surface area (Å²) in [6.45, 7) is 0. The van der Waals surface area contributed by atoms with E-state index in [1.54, 1.807) is 0 Å². The minimum absolute atomic E-state index is 0.873. The molecule has 0 saturated heterocycles. The number of rotatable bonds is 5. The molecule has 0 radical (unpaired) electrons. The molecule has 11 aromatic rings. The number of aromatic nitrogens is 1. The van der Waals surface area contributed by atoms with Gasteiger partial charge in [0, 0.05) is 43.7 Å². The summed E-state index contributed by atoms with van der Waals surface area (Å²) < 4.78 is 9.01. The van der Waals surface area contributed by atoms with Gasteiger partial charge in [0.15, 0.2) is 5.58 Å². The summed E-state index contributed by atoms with van der Waals surface area (Å²) in [6, 6.07) is 65.3. The van der Waals surface area contributed by atoms with Gasteiger partial charge in [-0.2, -0.15) is 0 Å². The second-order valence-corrected chi connectivity index (χ2v) is 13.3. The van der Waals surface area contributed by atoms with E-state index in [1.807, 2.05) is 12.1 Å². The van der Waals surface area contributed by atoms with Crippen LogP contribution in [0.5, 0.6) is 0 Å². The first kappa shape index (κ1) is 28.0. The van der Waals surface area contributed by atoms with Crippen molar-refractivity contribution in [2.24, 2.45) is 0 Å². The van der Waals surface area contributed by atoms with Gasteiger partial charge in [-0.1, -0.05) is 133 Å². The van der Waals surface area contributed by atoms with Crippen molar-refractivity contribution in [2.75, 3.05) is 4.90 Å². The Kier molecular flexibility index (Phi) is 5.96. The lowest BCUT2D eigenvalue weighted by atomic mass is 10.0. The average Bonchev–Trinajstić information content (AvgIpc) is 3.86. The molecule has 0 aliphatic rings. The van der Waals surface area contributed by atoms with Gasteiger partial charge >= 0.3 is 0 Å². The van der Waals surface area contributed by atoms with E-state index >= 15 is 0 Å². The standard InChI is InChI=1S/C48H30N2O/c1-2-10-31(11-3-1)32-20-25-35(26-21-32)49(44-18-9-16-42-39-13-5-7-19-46(39)51-48(42)44)36-27-22-33(23-28-36)34-24-29-38-41-15-8-14-40-37-12-4-6-17-43(37)50(47(40)41)45(38)30-34/h1-30H. The van der Waals surface area contributed by atoms with Crippen LogP contribution in [-0.4, -0.2) is 4.40 Å². The van der Waals surface area contributed by atoms with Crippen molar-refractivity contribution in [2.45, 2.75) is 0 Å². The third-order valence-electron chi connectivity index (χ3n) is 10.5. The van der Waals surface area contributed by atoms with Crippen LogP contribution in [0.25, 0.3) is 82.3 Å². The summed E-state index contributed by atoms with van der Waals surface area (Å²) >= 11 is 0. The summed E-state index contributed by atoms with van der Waals surface area (Å²) in [5, 5.41) is 7.42. The van der Waals surface area contributed by atoms with Gasteiger partial charge < -0.3 is 13.7 Å². The molecule has 0 atom stereocenters. The number of para-hydroxylation sites is 4. The molecule has 0 amide bonds. The second-order valence-electron chi connectivity index (χ2n) is 13.3. The van der Waals surface area contributed by atoms with Crippen LogP contribution < -0.4 is 4.90 Å². The van der Waals surface area contributed by atoms with Gasteiger partial charge in [0.25, 0.3) is 0 Å². The van der Waals surface area contributed by atoms with Crippen molar-refractivity contribution in [3.05, 3.63) is 182 Å². The molecule has 0 aliphatic heterocycles. The molecule has 0 bridgehead atoms. The molecule has 11 rings (SSSR count). The van der Waals surface area contributed by atoms with E-state index in [0.29, 0.717) is 0 Å². The van der Waals surface area contributed by atoms with Crippen LogP contribution in [-0.2, 0) is 0 Å². The highest BCUT2D eigenvalue weighted by molar-refractivity contribution is 6.23. The van der Waals surface area contributed by atoms with Crippen molar-refractivity contribution in [3.8, 4) is 22.3 Å². The van der Waals surface area contributed by atoms with Crippen molar-refractivity contribution in [1.29, 1.82) is 0 Å². The molecule has 8 aromatic carbocycles. The topological polar surface area (TPSA) is 20.8 Å². The van der Waals surface area contributed by atoms with E-state index in [0.717, 1.165) is 39.0 Å². The predicted molar refractivity (Wildman–Crippen MR) is 214 cm³/mol. The molecule has 0 fully saturated rings. The third kappa shape index (κ3) is 4.19. The maximum atomic E-state index is 6.57. The molecular formula is C48H30N2O. The zero-order chi connectivity index (χ0) is 33.5. The van der Waals surface area contributed by atoms with Gasteiger partial charge in [-0.15, -0.1) is 0 Å². The first-order valence-electron chi connectivity index (χ1n) is 17.4. The van der Waals surface area contributed by atoms with Gasteiger partial charge in [-0.25, -0.2) is 0 Å². The fourth-order valence-electron chi connectivity index (χ4n) is 8.18. The lowest BCUT2D eigenvalue weighted by molar-refractivity contribution is 0.669. The second kappa shape index (κ2) is 10.8. The highest BCUT2D eigenvalue weighted by Gasteiger charge is 2.20. The maximum Gasteiger partial charge on any atom is 0.159 e. The van der Waals surface area contributed by atoms with E-state index in [1.165, 1.54) is 60.3 Å². The molecule has 0 unspecified atom stereocenters. The Labute approximate surface area is 294 Å². The number of fused-ring (bicyclic) bond motifs is 9. The molecule has 51 heavy (non-hydrogen) atoms. The summed E-state index contributed by atoms with van der Waals surface area (Å²) in [5.74, 6) is 0. The largest absolute Gasteiger partial charge is 0.454 e. The van der Waals surface area contributed by atoms with Crippen molar-refractivity contribution in [3.63, 3.8) is 0 Å². The Morgan fingerprint density at radius 3 is 1.69 bits per heavy atom. The predicted octanol–water partition coefficient (Wildman–Crippen LogP) is 13.5. The van der Waals surface area contributed by atoms with Gasteiger partial charge in [0.05, 0.1) is 22.2 Å². The van der Waals surface area contributed by atoms with Crippen LogP contribution >= 0.6 is 0 Å². The highest BCUT2D eigenvalue weighted by atomic mass is 16.3. The lowest BCUT2D eigenvalue weighted by Gasteiger charge is -2.26. The molecule has 3 nitrogen and oxygen atoms in total. The quantitative estimate of drug-likeness (QED) is 0.185. The minimum Gasteiger partial charge on any atom is -0.454 e. The Bertz CT molecular complexity index is 3060. The SMILES string of the molecule is c1ccc(-c2ccc(N(c3ccc(-c4ccc5c6cccc7c8ccccc8n(c5c4)c76)cc3)c3cccc4c3oc3ccccc34)cc2)cc1. The summed E-state index contributed by atoms with van der Waals surface area (Å²) in [5.41, 5.74) is 13.4. The first-order chi connectivity index (χ1) is 25.3. The van der Waals surface area contributed by atoms with Gasteiger partial charge in [-0.05, 0) is 70.8 Å². The Balaban J connectivity index is 1.06. The monoisotopic (exact) mass is 650 g/mol. The lowest BCUT2D eigenvalue weighted by Crippen LogP contribution is -2.10. The van der Waals surface area contributed by atoms with Crippen molar-refractivity contribution in [1.82, 2.24) is 4.40 Å². The summed E-state index contributed by atoms with van der Waals surface area (Å²) in [4.78, 5) is 2.31. The highest BCUT2D eigenvalue weighted by Crippen LogP contribution is 2.44. The van der Waals surface area contributed by atoms with Crippen LogP contribution in [0.1, 0.15) is 0 Å². The Morgan fingerprint density at radius 2 is 0.922 bits per heavy atom. The number of nitrogens with zero attached hydrogens (tertiary/aromatic N) is 2. The molecular weight excluding hydrogens is 621 g/mol. The fraction of sp³-hybridized carbons (Fsp3) is 0. The van der Waals surface area contributed by atoms with Gasteiger partial charge in [-0.3, -0.25) is 0 Å². The molecule has 3 aromatic heterocycles. The van der Waals surface area contributed by atoms with Crippen molar-refractivity contribution < 1.29 is 4.42 Å². The van der Waals surface area contributed by atoms with E-state index in [9.17, 15) is 0 Å². The number of benzene rings is 8. The fourth-order valence-corrected chi connectivity index (χ4v) is 8.18. The van der Waals surface area contributed by atoms with Crippen LogP contribution in [0.4, 0.5) is 17.1 Å². The van der Waals surface area contributed by atoms with E-state index in [2.05, 4.69) is 179 Å². The van der Waals surface area contributed by atoms with Crippen molar-refractivity contribution >= 4 is 77.1 Å². The number of anilines is 3. The zero-order valence-corrected chi connectivity index (χ0v) is 27.6. The Hall–Kier alpha value is -6.84. The number of hydrogen-bond donors (Lipinski definition) is 0. The zero-order valence-electron chi connectivity index (χ0n) is 27.6. The average molecular weight is 651 g/mol. The molecule has 3 heteroatoms. The van der Waals surface area contributed by atoms with Crippen LogP contribution in [0, 0.1) is 0 Å². The minimum atomic E-state index is 0.873. The smallest absolute Gasteiger partial charge is 0.159 e. The maximum absolute atomic E-state index is 6.57. The van der Waals surface area contributed by atoms with E-state index in [-0.39, 0.29) is 0 Å². The van der Waals surface area contributed by atoms with E-state index < -0.39 is 0 Å². The number of hydrogen-bond acceptors (Lipinski definition) is 2. The number of furan rings is 1. The van der Waals surface area contributed by atoms with Crippen LogP contribution in [0.15, 0.2) is 186 Å². The molecule has 3 heterocycles. The third-order valence-corrected chi connectivity index (χ3v) is 10.5. The Morgan fingerprint density at radius 1 is 0.373 bits per heavy atom. The van der Waals surface area contributed by atoms with Gasteiger partial charge in [0.1, 0.15) is 5.58 Å². The first-order valence-corrected chi connectivity index (χ1v) is 17.4. The van der Waals surface area contributed by atoms with Crippen LogP contribution in [0.3, 0.4) is 0 Å². The molecule has 238 valence electrons. The summed E-state index contributed by atoms with van der Waals surface area (Å²) in [7, 11) is 0. The molecule has 0 aliphatic carbocycles. The van der Waals surface area contributed by atoms with E-state index in [4.69, 9.17) is 4.42 Å². The molecule has 0 saturated carbocycles. The van der Waals surface area contributed by atoms with Gasteiger partial charge in [0.2, 0.25) is 0 Å². The molecule has 0 N–H and O–H groups in total. The normalized spacial score (nSPS) is 11.9. The summed E-state index contributed by atoms with van der Waals surface area (Å²) in [6.07, 6.45) is 0.